The van der Waals surface area contributed by atoms with Crippen molar-refractivity contribution in [1.82, 2.24) is 0 Å². The molecule has 0 atom stereocenters. The van der Waals surface area contributed by atoms with Crippen LogP contribution in [0.15, 0.2) is 47.8 Å². The molecular formula is C17H16FNOS. The number of rotatable bonds is 5. The lowest BCUT2D eigenvalue weighted by Gasteiger charge is -2.09. The molecule has 108 valence electrons. The molecule has 21 heavy (non-hydrogen) atoms. The van der Waals surface area contributed by atoms with Crippen LogP contribution in [0.2, 0.25) is 0 Å². The maximum absolute atomic E-state index is 13.8. The lowest BCUT2D eigenvalue weighted by Crippen LogP contribution is -2.00. The number of thiophene rings is 1. The fraction of sp³-hybridized carbons (Fsp3) is 0.176. The molecule has 0 aliphatic heterocycles. The summed E-state index contributed by atoms with van der Waals surface area (Å²) in [6, 6.07) is 13.3. The number of benzene rings is 2. The monoisotopic (exact) mass is 301 g/mol. The molecule has 0 fully saturated rings. The Morgan fingerprint density at radius 1 is 1.19 bits per heavy atom. The van der Waals surface area contributed by atoms with Crippen molar-refractivity contribution in [2.75, 3.05) is 11.9 Å². The molecule has 0 radical (unpaired) electrons. The van der Waals surface area contributed by atoms with Crippen LogP contribution in [-0.4, -0.2) is 6.61 Å². The van der Waals surface area contributed by atoms with Gasteiger partial charge >= 0.3 is 0 Å². The summed E-state index contributed by atoms with van der Waals surface area (Å²) in [7, 11) is 0. The highest BCUT2D eigenvalue weighted by Crippen LogP contribution is 2.27. The quantitative estimate of drug-likeness (QED) is 0.712. The van der Waals surface area contributed by atoms with Gasteiger partial charge in [0, 0.05) is 23.0 Å². The number of ether oxygens (including phenoxy) is 1. The van der Waals surface area contributed by atoms with E-state index in [0.29, 0.717) is 18.9 Å². The first-order valence-corrected chi connectivity index (χ1v) is 7.77. The van der Waals surface area contributed by atoms with Crippen LogP contribution in [0.25, 0.3) is 10.1 Å². The molecule has 3 rings (SSSR count). The van der Waals surface area contributed by atoms with Gasteiger partial charge in [0.2, 0.25) is 0 Å². The summed E-state index contributed by atoms with van der Waals surface area (Å²) in [4.78, 5) is 0. The highest BCUT2D eigenvalue weighted by molar-refractivity contribution is 7.17. The summed E-state index contributed by atoms with van der Waals surface area (Å²) < 4.78 is 20.3. The van der Waals surface area contributed by atoms with E-state index < -0.39 is 0 Å². The van der Waals surface area contributed by atoms with E-state index in [9.17, 15) is 4.39 Å². The minimum absolute atomic E-state index is 0.295. The highest BCUT2D eigenvalue weighted by Gasteiger charge is 2.06. The number of nitrogens with one attached hydrogen (secondary N) is 1. The molecular weight excluding hydrogens is 285 g/mol. The molecule has 3 aromatic rings. The maximum Gasteiger partial charge on any atom is 0.167 e. The standard InChI is InChI=1S/C17H16FNOS/c1-2-20-16-8-7-13(9-15(16)18)19-10-12-11-21-17-6-4-3-5-14(12)17/h3-9,11,19H,2,10H2,1H3. The first-order valence-electron chi connectivity index (χ1n) is 6.89. The van der Waals surface area contributed by atoms with Gasteiger partial charge in [-0.3, -0.25) is 0 Å². The van der Waals surface area contributed by atoms with Crippen LogP contribution >= 0.6 is 11.3 Å². The first kappa shape index (κ1) is 13.9. The summed E-state index contributed by atoms with van der Waals surface area (Å²) in [5, 5.41) is 6.65. The zero-order valence-electron chi connectivity index (χ0n) is 11.7. The summed E-state index contributed by atoms with van der Waals surface area (Å²) in [6.07, 6.45) is 0. The molecule has 1 N–H and O–H groups in total. The topological polar surface area (TPSA) is 21.3 Å². The Morgan fingerprint density at radius 3 is 2.86 bits per heavy atom. The predicted octanol–water partition coefficient (Wildman–Crippen LogP) is 5.05. The number of hydrogen-bond acceptors (Lipinski definition) is 3. The molecule has 0 spiro atoms. The largest absolute Gasteiger partial charge is 0.491 e. The Bertz CT molecular complexity index is 753. The van der Waals surface area contributed by atoms with Crippen LogP contribution < -0.4 is 10.1 Å². The van der Waals surface area contributed by atoms with Gasteiger partial charge in [-0.25, -0.2) is 4.39 Å². The average Bonchev–Trinajstić information content (AvgIpc) is 2.91. The van der Waals surface area contributed by atoms with Gasteiger partial charge in [0.15, 0.2) is 11.6 Å². The minimum atomic E-state index is -0.336. The molecule has 2 nitrogen and oxygen atoms in total. The van der Waals surface area contributed by atoms with Gasteiger partial charge in [0.1, 0.15) is 0 Å². The molecule has 0 aliphatic carbocycles. The van der Waals surface area contributed by atoms with Gasteiger partial charge in [0.05, 0.1) is 6.61 Å². The molecule has 4 heteroatoms. The van der Waals surface area contributed by atoms with E-state index in [2.05, 4.69) is 22.8 Å². The Morgan fingerprint density at radius 2 is 2.05 bits per heavy atom. The molecule has 0 amide bonds. The number of anilines is 1. The average molecular weight is 301 g/mol. The Hall–Kier alpha value is -2.07. The zero-order valence-corrected chi connectivity index (χ0v) is 12.5. The third-order valence-corrected chi connectivity index (χ3v) is 4.29. The van der Waals surface area contributed by atoms with E-state index in [1.54, 1.807) is 17.4 Å². The molecule has 0 saturated heterocycles. The molecule has 1 aromatic heterocycles. The predicted molar refractivity (Wildman–Crippen MR) is 86.7 cm³/mol. The van der Waals surface area contributed by atoms with E-state index in [1.165, 1.54) is 21.7 Å². The fourth-order valence-electron chi connectivity index (χ4n) is 2.25. The minimum Gasteiger partial charge on any atom is -0.491 e. The normalized spacial score (nSPS) is 10.8. The van der Waals surface area contributed by atoms with Gasteiger partial charge in [-0.15, -0.1) is 11.3 Å². The van der Waals surface area contributed by atoms with Crippen LogP contribution in [0.4, 0.5) is 10.1 Å². The van der Waals surface area contributed by atoms with Crippen molar-refractivity contribution in [1.29, 1.82) is 0 Å². The van der Waals surface area contributed by atoms with Crippen molar-refractivity contribution in [3.05, 3.63) is 59.2 Å². The third-order valence-electron chi connectivity index (χ3n) is 3.28. The number of halogens is 1. The van der Waals surface area contributed by atoms with E-state index in [1.807, 2.05) is 25.1 Å². The van der Waals surface area contributed by atoms with Crippen LogP contribution in [0, 0.1) is 5.82 Å². The summed E-state index contributed by atoms with van der Waals surface area (Å²) >= 11 is 1.73. The van der Waals surface area contributed by atoms with E-state index in [4.69, 9.17) is 4.74 Å². The second-order valence-corrected chi connectivity index (χ2v) is 5.60. The van der Waals surface area contributed by atoms with E-state index in [0.717, 1.165) is 5.69 Å². The SMILES string of the molecule is CCOc1ccc(NCc2csc3ccccc23)cc1F. The molecule has 2 aromatic carbocycles. The zero-order chi connectivity index (χ0) is 14.7. The van der Waals surface area contributed by atoms with Crippen LogP contribution in [-0.2, 0) is 6.54 Å². The number of hydrogen-bond donors (Lipinski definition) is 1. The van der Waals surface area contributed by atoms with Crippen LogP contribution in [0.3, 0.4) is 0 Å². The molecule has 0 unspecified atom stereocenters. The van der Waals surface area contributed by atoms with Crippen molar-refractivity contribution >= 4 is 27.1 Å². The van der Waals surface area contributed by atoms with Gasteiger partial charge < -0.3 is 10.1 Å². The third kappa shape index (κ3) is 3.00. The van der Waals surface area contributed by atoms with Gasteiger partial charge in [0.25, 0.3) is 0 Å². The summed E-state index contributed by atoms with van der Waals surface area (Å²) in [5.74, 6) is -0.0407. The van der Waals surface area contributed by atoms with Crippen molar-refractivity contribution in [2.45, 2.75) is 13.5 Å². The van der Waals surface area contributed by atoms with Crippen molar-refractivity contribution in [3.8, 4) is 5.75 Å². The van der Waals surface area contributed by atoms with Crippen LogP contribution in [0.1, 0.15) is 12.5 Å². The van der Waals surface area contributed by atoms with Crippen molar-refractivity contribution in [2.24, 2.45) is 0 Å². The summed E-state index contributed by atoms with van der Waals surface area (Å²) in [6.45, 7) is 2.98. The second kappa shape index (κ2) is 6.14. The van der Waals surface area contributed by atoms with E-state index in [-0.39, 0.29) is 5.82 Å². The Balaban J connectivity index is 1.74. The van der Waals surface area contributed by atoms with Crippen LogP contribution in [0.5, 0.6) is 5.75 Å². The highest BCUT2D eigenvalue weighted by atomic mass is 32.1. The fourth-order valence-corrected chi connectivity index (χ4v) is 3.21. The molecule has 0 saturated carbocycles. The van der Waals surface area contributed by atoms with Crippen molar-refractivity contribution < 1.29 is 9.13 Å². The Kier molecular flexibility index (Phi) is 4.06. The molecule has 0 aliphatic rings. The van der Waals surface area contributed by atoms with Crippen molar-refractivity contribution in [3.63, 3.8) is 0 Å². The second-order valence-electron chi connectivity index (χ2n) is 4.69. The first-order chi connectivity index (χ1) is 10.3. The van der Waals surface area contributed by atoms with Gasteiger partial charge in [-0.2, -0.15) is 0 Å². The maximum atomic E-state index is 13.8. The summed E-state index contributed by atoms with van der Waals surface area (Å²) in [5.41, 5.74) is 1.98. The van der Waals surface area contributed by atoms with Gasteiger partial charge in [-0.1, -0.05) is 18.2 Å². The smallest absolute Gasteiger partial charge is 0.167 e. The van der Waals surface area contributed by atoms with E-state index >= 15 is 0 Å². The van der Waals surface area contributed by atoms with Gasteiger partial charge in [-0.05, 0) is 41.5 Å². The lowest BCUT2D eigenvalue weighted by atomic mass is 10.2. The molecule has 1 heterocycles. The molecule has 0 bridgehead atoms. The lowest BCUT2D eigenvalue weighted by molar-refractivity contribution is 0.321. The Labute approximate surface area is 127 Å². The number of fused-ring (bicyclic) bond motifs is 1.